The molecule has 0 aliphatic carbocycles. The van der Waals surface area contributed by atoms with Gasteiger partial charge in [0.15, 0.2) is 0 Å². The predicted octanol–water partition coefficient (Wildman–Crippen LogP) is 2.94. The molecule has 92 valence electrons. The summed E-state index contributed by atoms with van der Waals surface area (Å²) in [6, 6.07) is 4.67. The van der Waals surface area contributed by atoms with Crippen molar-refractivity contribution in [1.82, 2.24) is 9.97 Å². The number of nitrogens with zero attached hydrogens (tertiary/aromatic N) is 2. The Bertz CT molecular complexity index is 604. The van der Waals surface area contributed by atoms with Crippen LogP contribution in [0.3, 0.4) is 0 Å². The van der Waals surface area contributed by atoms with Crippen molar-refractivity contribution >= 4 is 27.7 Å². The van der Waals surface area contributed by atoms with Crippen LogP contribution in [0.15, 0.2) is 35.1 Å². The minimum absolute atomic E-state index is 0.110. The monoisotopic (exact) mass is 309 g/mol. The maximum absolute atomic E-state index is 13.3. The first-order chi connectivity index (χ1) is 8.58. The van der Waals surface area contributed by atoms with Gasteiger partial charge in [-0.05, 0) is 46.6 Å². The van der Waals surface area contributed by atoms with E-state index in [1.54, 1.807) is 13.1 Å². The van der Waals surface area contributed by atoms with Crippen molar-refractivity contribution in [2.24, 2.45) is 0 Å². The van der Waals surface area contributed by atoms with Gasteiger partial charge in [-0.2, -0.15) is 4.39 Å². The van der Waals surface area contributed by atoms with Gasteiger partial charge in [-0.3, -0.25) is 4.79 Å². The molecule has 2 aromatic rings. The van der Waals surface area contributed by atoms with Gasteiger partial charge in [0.25, 0.3) is 5.91 Å². The highest BCUT2D eigenvalue weighted by molar-refractivity contribution is 9.10. The lowest BCUT2D eigenvalue weighted by molar-refractivity contribution is 0.102. The van der Waals surface area contributed by atoms with Crippen molar-refractivity contribution in [2.75, 3.05) is 5.32 Å². The lowest BCUT2D eigenvalue weighted by Crippen LogP contribution is -2.16. The van der Waals surface area contributed by atoms with Gasteiger partial charge >= 0.3 is 0 Å². The van der Waals surface area contributed by atoms with Gasteiger partial charge in [-0.15, -0.1) is 0 Å². The molecule has 18 heavy (non-hydrogen) atoms. The fourth-order valence-corrected chi connectivity index (χ4v) is 1.85. The van der Waals surface area contributed by atoms with Crippen molar-refractivity contribution in [3.8, 4) is 0 Å². The zero-order chi connectivity index (χ0) is 13.1. The number of amides is 1. The summed E-state index contributed by atoms with van der Waals surface area (Å²) < 4.78 is 14.1. The molecule has 0 fully saturated rings. The number of nitrogens with one attached hydrogen (secondary N) is 1. The second-order valence-corrected chi connectivity index (χ2v) is 4.53. The summed E-state index contributed by atoms with van der Waals surface area (Å²) in [5.41, 5.74) is 0.670. The molecule has 0 bridgehead atoms. The third-order valence-electron chi connectivity index (χ3n) is 2.28. The second kappa shape index (κ2) is 5.22. The van der Waals surface area contributed by atoms with Crippen LogP contribution >= 0.6 is 15.9 Å². The summed E-state index contributed by atoms with van der Waals surface area (Å²) in [5.74, 6) is -0.977. The van der Waals surface area contributed by atoms with E-state index in [1.807, 2.05) is 6.07 Å². The van der Waals surface area contributed by atoms with Crippen LogP contribution in [0, 0.1) is 12.9 Å². The highest BCUT2D eigenvalue weighted by Crippen LogP contribution is 2.17. The summed E-state index contributed by atoms with van der Waals surface area (Å²) in [7, 11) is 0. The normalized spacial score (nSPS) is 10.2. The first kappa shape index (κ1) is 12.6. The summed E-state index contributed by atoms with van der Waals surface area (Å²) >= 11 is 3.27. The van der Waals surface area contributed by atoms with Gasteiger partial charge in [0.1, 0.15) is 5.82 Å². The number of hydrogen-bond acceptors (Lipinski definition) is 3. The van der Waals surface area contributed by atoms with Crippen LogP contribution in [0.1, 0.15) is 15.9 Å². The number of anilines is 1. The Labute approximate surface area is 111 Å². The van der Waals surface area contributed by atoms with Crippen LogP contribution in [-0.4, -0.2) is 15.9 Å². The largest absolute Gasteiger partial charge is 0.306 e. The van der Waals surface area contributed by atoms with Gasteiger partial charge in [0, 0.05) is 16.9 Å². The molecule has 2 heterocycles. The molecule has 0 unspecified atom stereocenters. The number of aryl methyl sites for hydroxylation is 1. The Kier molecular flexibility index (Phi) is 3.66. The maximum atomic E-state index is 13.3. The predicted molar refractivity (Wildman–Crippen MR) is 68.8 cm³/mol. The summed E-state index contributed by atoms with van der Waals surface area (Å²) in [6.07, 6.45) is 2.84. The quantitative estimate of drug-likeness (QED) is 0.868. The Balaban J connectivity index is 2.24. The van der Waals surface area contributed by atoms with E-state index in [0.29, 0.717) is 5.82 Å². The first-order valence-electron chi connectivity index (χ1n) is 5.12. The molecule has 0 saturated carbocycles. The van der Waals surface area contributed by atoms with Crippen LogP contribution in [0.2, 0.25) is 0 Å². The average molecular weight is 310 g/mol. The average Bonchev–Trinajstić information content (AvgIpc) is 2.33. The number of hydrogen-bond donors (Lipinski definition) is 1. The molecule has 1 N–H and O–H groups in total. The zero-order valence-corrected chi connectivity index (χ0v) is 11.0. The fourth-order valence-electron chi connectivity index (χ4n) is 1.40. The van der Waals surface area contributed by atoms with Crippen molar-refractivity contribution in [3.63, 3.8) is 0 Å². The summed E-state index contributed by atoms with van der Waals surface area (Å²) in [4.78, 5) is 19.3. The van der Waals surface area contributed by atoms with Gasteiger partial charge in [-0.1, -0.05) is 0 Å². The molecule has 2 rings (SSSR count). The third kappa shape index (κ3) is 2.70. The van der Waals surface area contributed by atoms with Crippen molar-refractivity contribution in [3.05, 3.63) is 52.1 Å². The van der Waals surface area contributed by atoms with Gasteiger partial charge < -0.3 is 5.32 Å². The van der Waals surface area contributed by atoms with Crippen LogP contribution in [0.4, 0.5) is 10.2 Å². The molecular weight excluding hydrogens is 301 g/mol. The SMILES string of the molecule is Cc1cc(Br)cnc1NC(=O)c1cccnc1F. The number of carbonyl (C=O) groups is 1. The molecule has 1 amide bonds. The number of halogens is 2. The number of pyridine rings is 2. The van der Waals surface area contributed by atoms with E-state index in [4.69, 9.17) is 0 Å². The Morgan fingerprint density at radius 3 is 2.89 bits per heavy atom. The van der Waals surface area contributed by atoms with E-state index in [9.17, 15) is 9.18 Å². The Morgan fingerprint density at radius 1 is 1.44 bits per heavy atom. The van der Waals surface area contributed by atoms with E-state index in [2.05, 4.69) is 31.2 Å². The topological polar surface area (TPSA) is 54.9 Å². The standard InChI is InChI=1S/C12H9BrFN3O/c1-7-5-8(13)6-16-11(7)17-12(18)9-3-2-4-15-10(9)14/h2-6H,1H3,(H,16,17,18). The van der Waals surface area contributed by atoms with E-state index in [-0.39, 0.29) is 5.56 Å². The number of aromatic nitrogens is 2. The molecule has 0 atom stereocenters. The Morgan fingerprint density at radius 2 is 2.22 bits per heavy atom. The van der Waals surface area contributed by atoms with E-state index >= 15 is 0 Å². The molecule has 0 saturated heterocycles. The zero-order valence-electron chi connectivity index (χ0n) is 9.45. The fraction of sp³-hybridized carbons (Fsp3) is 0.0833. The van der Waals surface area contributed by atoms with E-state index in [1.165, 1.54) is 18.3 Å². The van der Waals surface area contributed by atoms with Crippen LogP contribution in [0.25, 0.3) is 0 Å². The third-order valence-corrected chi connectivity index (χ3v) is 2.71. The van der Waals surface area contributed by atoms with Gasteiger partial charge in [0.05, 0.1) is 5.56 Å². The second-order valence-electron chi connectivity index (χ2n) is 3.61. The lowest BCUT2D eigenvalue weighted by Gasteiger charge is -2.07. The summed E-state index contributed by atoms with van der Waals surface area (Å²) in [5, 5.41) is 2.54. The van der Waals surface area contributed by atoms with Crippen LogP contribution in [-0.2, 0) is 0 Å². The van der Waals surface area contributed by atoms with Crippen molar-refractivity contribution in [2.45, 2.75) is 6.92 Å². The minimum atomic E-state index is -0.801. The number of rotatable bonds is 2. The van der Waals surface area contributed by atoms with Gasteiger partial charge in [-0.25, -0.2) is 9.97 Å². The smallest absolute Gasteiger partial charge is 0.261 e. The lowest BCUT2D eigenvalue weighted by atomic mass is 10.2. The Hall–Kier alpha value is -1.82. The minimum Gasteiger partial charge on any atom is -0.306 e. The molecular formula is C12H9BrFN3O. The number of carbonyl (C=O) groups excluding carboxylic acids is 1. The van der Waals surface area contributed by atoms with Crippen molar-refractivity contribution < 1.29 is 9.18 Å². The molecule has 0 aliphatic heterocycles. The van der Waals surface area contributed by atoms with Gasteiger partial charge in [0.2, 0.25) is 5.95 Å². The van der Waals surface area contributed by atoms with Crippen LogP contribution in [0.5, 0.6) is 0 Å². The van der Waals surface area contributed by atoms with Crippen LogP contribution < -0.4 is 5.32 Å². The van der Waals surface area contributed by atoms with Crippen molar-refractivity contribution in [1.29, 1.82) is 0 Å². The van der Waals surface area contributed by atoms with E-state index < -0.39 is 11.9 Å². The highest BCUT2D eigenvalue weighted by Gasteiger charge is 2.13. The molecule has 0 aromatic carbocycles. The molecule has 0 spiro atoms. The summed E-state index contributed by atoms with van der Waals surface area (Å²) in [6.45, 7) is 1.80. The molecule has 0 aliphatic rings. The molecule has 6 heteroatoms. The molecule has 4 nitrogen and oxygen atoms in total. The maximum Gasteiger partial charge on any atom is 0.261 e. The van der Waals surface area contributed by atoms with E-state index in [0.717, 1.165) is 10.0 Å². The molecule has 2 aromatic heterocycles. The first-order valence-corrected chi connectivity index (χ1v) is 5.91. The highest BCUT2D eigenvalue weighted by atomic mass is 79.9. The molecule has 0 radical (unpaired) electrons.